The number of H-pyrrole nitrogens is 1. The number of nitrogens with one attached hydrogen (secondary N) is 1. The van der Waals surface area contributed by atoms with E-state index in [0.717, 1.165) is 25.1 Å². The van der Waals surface area contributed by atoms with E-state index in [0.29, 0.717) is 18.2 Å². The van der Waals surface area contributed by atoms with E-state index in [1.165, 1.54) is 0 Å². The van der Waals surface area contributed by atoms with Crippen LogP contribution in [-0.2, 0) is 0 Å². The molecule has 0 bridgehead atoms. The number of hydrogen-bond acceptors (Lipinski definition) is 4. The monoisotopic (exact) mass is 291 g/mol. The number of nitrogens with zero attached hydrogens (tertiary/aromatic N) is 4. The van der Waals surface area contributed by atoms with Crippen molar-refractivity contribution in [3.8, 4) is 0 Å². The van der Waals surface area contributed by atoms with E-state index in [-0.39, 0.29) is 11.1 Å². The molecule has 0 aromatic carbocycles. The van der Waals surface area contributed by atoms with Crippen LogP contribution in [0.5, 0.6) is 0 Å². The van der Waals surface area contributed by atoms with Gasteiger partial charge >= 0.3 is 0 Å². The van der Waals surface area contributed by atoms with Crippen LogP contribution in [0.15, 0.2) is 24.4 Å². The SMILES string of the molecule is O=C(c1ccc(Cl)nn1)N1CCCC(c2ccn[nH]2)C1. The van der Waals surface area contributed by atoms with Crippen molar-refractivity contribution in [1.82, 2.24) is 25.3 Å². The van der Waals surface area contributed by atoms with Crippen molar-refractivity contribution in [3.63, 3.8) is 0 Å². The molecule has 1 unspecified atom stereocenters. The Morgan fingerprint density at radius 2 is 2.25 bits per heavy atom. The molecule has 6 nitrogen and oxygen atoms in total. The van der Waals surface area contributed by atoms with Crippen LogP contribution in [0.3, 0.4) is 0 Å². The zero-order chi connectivity index (χ0) is 13.9. The number of likely N-dealkylation sites (tertiary alicyclic amines) is 1. The minimum atomic E-state index is -0.0987. The van der Waals surface area contributed by atoms with E-state index >= 15 is 0 Å². The van der Waals surface area contributed by atoms with Crippen LogP contribution in [0, 0.1) is 0 Å². The number of carbonyl (C=O) groups is 1. The van der Waals surface area contributed by atoms with Gasteiger partial charge in [0.2, 0.25) is 0 Å². The van der Waals surface area contributed by atoms with Gasteiger partial charge in [0.15, 0.2) is 10.8 Å². The summed E-state index contributed by atoms with van der Waals surface area (Å²) in [5.41, 5.74) is 1.41. The fraction of sp³-hybridized carbons (Fsp3) is 0.385. The summed E-state index contributed by atoms with van der Waals surface area (Å²) in [6, 6.07) is 5.15. The molecule has 0 saturated carbocycles. The molecular formula is C13H14ClN5O. The van der Waals surface area contributed by atoms with Gasteiger partial charge in [0.1, 0.15) is 0 Å². The van der Waals surface area contributed by atoms with Crippen LogP contribution < -0.4 is 0 Å². The standard InChI is InChI=1S/C13H14ClN5O/c14-12-4-3-11(17-18-12)13(20)19-7-1-2-9(8-19)10-5-6-15-16-10/h3-6,9H,1-2,7-8H2,(H,15,16). The summed E-state index contributed by atoms with van der Waals surface area (Å²) in [4.78, 5) is 14.2. The van der Waals surface area contributed by atoms with Gasteiger partial charge in [-0.3, -0.25) is 9.89 Å². The zero-order valence-electron chi connectivity index (χ0n) is 10.8. The van der Waals surface area contributed by atoms with E-state index < -0.39 is 0 Å². The largest absolute Gasteiger partial charge is 0.337 e. The maximum atomic E-state index is 12.4. The molecule has 3 heterocycles. The van der Waals surface area contributed by atoms with Crippen LogP contribution >= 0.6 is 11.6 Å². The molecule has 2 aromatic heterocycles. The Labute approximate surface area is 121 Å². The van der Waals surface area contributed by atoms with Crippen molar-refractivity contribution in [2.24, 2.45) is 0 Å². The first-order valence-corrected chi connectivity index (χ1v) is 6.89. The Hall–Kier alpha value is -1.95. The van der Waals surface area contributed by atoms with Crippen LogP contribution in [0.4, 0.5) is 0 Å². The summed E-state index contributed by atoms with van der Waals surface area (Å²) in [7, 11) is 0. The lowest BCUT2D eigenvalue weighted by Crippen LogP contribution is -2.39. The number of carbonyl (C=O) groups excluding carboxylic acids is 1. The fourth-order valence-corrected chi connectivity index (χ4v) is 2.60. The molecule has 0 spiro atoms. The van der Waals surface area contributed by atoms with E-state index in [1.807, 2.05) is 11.0 Å². The Morgan fingerprint density at radius 1 is 1.35 bits per heavy atom. The highest BCUT2D eigenvalue weighted by atomic mass is 35.5. The molecule has 1 N–H and O–H groups in total. The van der Waals surface area contributed by atoms with Gasteiger partial charge in [-0.1, -0.05) is 11.6 Å². The third-order valence-corrected chi connectivity index (χ3v) is 3.72. The molecule has 0 radical (unpaired) electrons. The summed E-state index contributed by atoms with van der Waals surface area (Å²) in [5, 5.41) is 14.8. The molecule has 1 amide bonds. The summed E-state index contributed by atoms with van der Waals surface area (Å²) in [6.45, 7) is 1.42. The van der Waals surface area contributed by atoms with Crippen LogP contribution in [0.25, 0.3) is 0 Å². The van der Waals surface area contributed by atoms with Crippen LogP contribution in [-0.4, -0.2) is 44.3 Å². The van der Waals surface area contributed by atoms with Gasteiger partial charge < -0.3 is 4.90 Å². The zero-order valence-corrected chi connectivity index (χ0v) is 11.5. The highest BCUT2D eigenvalue weighted by Crippen LogP contribution is 2.25. The first-order chi connectivity index (χ1) is 9.74. The normalized spacial score (nSPS) is 19.1. The molecule has 20 heavy (non-hydrogen) atoms. The molecule has 1 fully saturated rings. The highest BCUT2D eigenvalue weighted by Gasteiger charge is 2.26. The average molecular weight is 292 g/mol. The predicted molar refractivity (Wildman–Crippen MR) is 73.5 cm³/mol. The Morgan fingerprint density at radius 3 is 2.95 bits per heavy atom. The molecule has 7 heteroatoms. The Kier molecular flexibility index (Phi) is 3.64. The third-order valence-electron chi connectivity index (χ3n) is 3.52. The average Bonchev–Trinajstić information content (AvgIpc) is 3.02. The molecule has 1 aliphatic heterocycles. The van der Waals surface area contributed by atoms with Crippen molar-refractivity contribution in [1.29, 1.82) is 0 Å². The van der Waals surface area contributed by atoms with Gasteiger partial charge in [-0.15, -0.1) is 10.2 Å². The molecule has 1 aliphatic rings. The number of aromatic nitrogens is 4. The molecule has 104 valence electrons. The smallest absolute Gasteiger partial charge is 0.274 e. The topological polar surface area (TPSA) is 74.8 Å². The number of halogens is 1. The maximum Gasteiger partial charge on any atom is 0.274 e. The lowest BCUT2D eigenvalue weighted by Gasteiger charge is -2.31. The van der Waals surface area contributed by atoms with Crippen molar-refractivity contribution < 1.29 is 4.79 Å². The van der Waals surface area contributed by atoms with Gasteiger partial charge in [0.05, 0.1) is 0 Å². The number of aromatic amines is 1. The fourth-order valence-electron chi connectivity index (χ4n) is 2.50. The van der Waals surface area contributed by atoms with Gasteiger partial charge in [0, 0.05) is 30.9 Å². The molecule has 2 aromatic rings. The summed E-state index contributed by atoms with van der Waals surface area (Å²) >= 11 is 5.68. The number of hydrogen-bond donors (Lipinski definition) is 1. The number of piperidine rings is 1. The van der Waals surface area contributed by atoms with Crippen molar-refractivity contribution in [2.75, 3.05) is 13.1 Å². The number of amides is 1. The minimum Gasteiger partial charge on any atom is -0.337 e. The van der Waals surface area contributed by atoms with Gasteiger partial charge in [-0.2, -0.15) is 5.10 Å². The van der Waals surface area contributed by atoms with Crippen molar-refractivity contribution >= 4 is 17.5 Å². The van der Waals surface area contributed by atoms with Gasteiger partial charge in [0.25, 0.3) is 5.91 Å². The van der Waals surface area contributed by atoms with Gasteiger partial charge in [-0.25, -0.2) is 0 Å². The Bertz CT molecular complexity index is 583. The summed E-state index contributed by atoms with van der Waals surface area (Å²) < 4.78 is 0. The molecule has 0 aliphatic carbocycles. The predicted octanol–water partition coefficient (Wildman–Crippen LogP) is 1.87. The number of rotatable bonds is 2. The van der Waals surface area contributed by atoms with Crippen molar-refractivity contribution in [2.45, 2.75) is 18.8 Å². The van der Waals surface area contributed by atoms with E-state index in [9.17, 15) is 4.79 Å². The summed E-state index contributed by atoms with van der Waals surface area (Å²) in [6.07, 6.45) is 3.76. The lowest BCUT2D eigenvalue weighted by atomic mass is 9.95. The van der Waals surface area contributed by atoms with E-state index in [1.54, 1.807) is 18.3 Å². The molecule has 1 saturated heterocycles. The minimum absolute atomic E-state index is 0.0987. The molecule has 1 atom stereocenters. The van der Waals surface area contributed by atoms with Crippen molar-refractivity contribution in [3.05, 3.63) is 40.9 Å². The Balaban J connectivity index is 1.73. The molecule has 3 rings (SSSR count). The first kappa shape index (κ1) is 13.1. The summed E-state index contributed by atoms with van der Waals surface area (Å²) in [5.74, 6) is 0.203. The lowest BCUT2D eigenvalue weighted by molar-refractivity contribution is 0.0698. The van der Waals surface area contributed by atoms with E-state index in [4.69, 9.17) is 11.6 Å². The van der Waals surface area contributed by atoms with E-state index in [2.05, 4.69) is 20.4 Å². The first-order valence-electron chi connectivity index (χ1n) is 6.52. The maximum absolute atomic E-state index is 12.4. The second kappa shape index (κ2) is 5.58. The molecular weight excluding hydrogens is 278 g/mol. The van der Waals surface area contributed by atoms with Crippen LogP contribution in [0.1, 0.15) is 34.9 Å². The van der Waals surface area contributed by atoms with Crippen LogP contribution in [0.2, 0.25) is 5.15 Å². The quantitative estimate of drug-likeness (QED) is 0.916. The third kappa shape index (κ3) is 2.65. The van der Waals surface area contributed by atoms with Gasteiger partial charge in [-0.05, 0) is 31.0 Å². The highest BCUT2D eigenvalue weighted by molar-refractivity contribution is 6.29. The second-order valence-corrected chi connectivity index (χ2v) is 5.23. The second-order valence-electron chi connectivity index (χ2n) is 4.84.